The van der Waals surface area contributed by atoms with Crippen molar-refractivity contribution in [2.75, 3.05) is 13.2 Å². The van der Waals surface area contributed by atoms with Crippen LogP contribution < -0.4 is 10.1 Å². The smallest absolute Gasteiger partial charge is 0.248 e. The van der Waals surface area contributed by atoms with Crippen molar-refractivity contribution in [3.63, 3.8) is 0 Å². The summed E-state index contributed by atoms with van der Waals surface area (Å²) in [5, 5.41) is 12.9. The predicted octanol–water partition coefficient (Wildman–Crippen LogP) is 4.46. The minimum absolute atomic E-state index is 0.332. The fourth-order valence-corrected chi connectivity index (χ4v) is 3.37. The second kappa shape index (κ2) is 12.1. The van der Waals surface area contributed by atoms with E-state index in [1.165, 1.54) is 5.57 Å². The minimum Gasteiger partial charge on any atom is -0.489 e. The van der Waals surface area contributed by atoms with Gasteiger partial charge in [-0.1, -0.05) is 54.6 Å². The Bertz CT molecular complexity index is 888. The maximum absolute atomic E-state index is 12.5. The summed E-state index contributed by atoms with van der Waals surface area (Å²) in [6, 6.07) is 15.0. The van der Waals surface area contributed by atoms with Crippen molar-refractivity contribution >= 4 is 5.91 Å². The van der Waals surface area contributed by atoms with E-state index in [9.17, 15) is 14.3 Å². The SMILES string of the molecule is O=C(NCCc1ccc(OCC2=CCCC=C2)cc1)C(O)CCc1ccc(CF)cc1. The van der Waals surface area contributed by atoms with E-state index < -0.39 is 12.8 Å². The third-order valence-electron chi connectivity index (χ3n) is 5.30. The zero-order valence-electron chi connectivity index (χ0n) is 17.7. The van der Waals surface area contributed by atoms with Gasteiger partial charge in [0.05, 0.1) is 0 Å². The lowest BCUT2D eigenvalue weighted by Gasteiger charge is -2.12. The van der Waals surface area contributed by atoms with E-state index in [-0.39, 0.29) is 5.91 Å². The summed E-state index contributed by atoms with van der Waals surface area (Å²) in [5.41, 5.74) is 3.89. The van der Waals surface area contributed by atoms with Crippen LogP contribution in [0.4, 0.5) is 4.39 Å². The Kier molecular flexibility index (Phi) is 8.85. The lowest BCUT2D eigenvalue weighted by atomic mass is 10.0. The molecule has 0 bridgehead atoms. The highest BCUT2D eigenvalue weighted by atomic mass is 19.1. The van der Waals surface area contributed by atoms with Crippen molar-refractivity contribution in [3.8, 4) is 5.75 Å². The average molecular weight is 424 g/mol. The van der Waals surface area contributed by atoms with Gasteiger partial charge in [-0.15, -0.1) is 0 Å². The van der Waals surface area contributed by atoms with E-state index in [0.29, 0.717) is 38.0 Å². The maximum Gasteiger partial charge on any atom is 0.248 e. The Morgan fingerprint density at radius 3 is 2.35 bits per heavy atom. The molecule has 31 heavy (non-hydrogen) atoms. The molecule has 1 aliphatic rings. The molecule has 2 aromatic carbocycles. The van der Waals surface area contributed by atoms with E-state index in [1.807, 2.05) is 36.4 Å². The van der Waals surface area contributed by atoms with Crippen LogP contribution in [0.5, 0.6) is 5.75 Å². The number of amides is 1. The first-order chi connectivity index (χ1) is 15.1. The zero-order chi connectivity index (χ0) is 21.9. The number of rotatable bonds is 11. The average Bonchev–Trinajstić information content (AvgIpc) is 2.83. The van der Waals surface area contributed by atoms with Crippen LogP contribution in [0.3, 0.4) is 0 Å². The summed E-state index contributed by atoms with van der Waals surface area (Å²) in [6.45, 7) is 0.541. The molecular weight excluding hydrogens is 393 g/mol. The van der Waals surface area contributed by atoms with Gasteiger partial charge in [0.1, 0.15) is 25.1 Å². The van der Waals surface area contributed by atoms with Crippen molar-refractivity contribution < 1.29 is 19.0 Å². The molecule has 0 fully saturated rings. The first-order valence-electron chi connectivity index (χ1n) is 10.8. The lowest BCUT2D eigenvalue weighted by Crippen LogP contribution is -2.36. The number of aliphatic hydroxyl groups is 1. The normalized spacial score (nSPS) is 14.1. The van der Waals surface area contributed by atoms with Gasteiger partial charge in [-0.3, -0.25) is 4.79 Å². The topological polar surface area (TPSA) is 58.6 Å². The van der Waals surface area contributed by atoms with Gasteiger partial charge in [0.15, 0.2) is 0 Å². The molecule has 5 heteroatoms. The third-order valence-corrected chi connectivity index (χ3v) is 5.30. The molecule has 0 aliphatic heterocycles. The number of aliphatic hydroxyl groups excluding tert-OH is 1. The van der Waals surface area contributed by atoms with Crippen LogP contribution in [0.2, 0.25) is 0 Å². The fourth-order valence-electron chi connectivity index (χ4n) is 3.37. The molecule has 2 N–H and O–H groups in total. The molecule has 1 atom stereocenters. The lowest BCUT2D eigenvalue weighted by molar-refractivity contribution is -0.129. The summed E-state index contributed by atoms with van der Waals surface area (Å²) in [5.74, 6) is 0.455. The number of hydrogen-bond acceptors (Lipinski definition) is 3. The van der Waals surface area contributed by atoms with Crippen LogP contribution in [0.15, 0.2) is 72.3 Å². The van der Waals surface area contributed by atoms with Crippen LogP contribution in [-0.2, 0) is 24.3 Å². The highest BCUT2D eigenvalue weighted by molar-refractivity contribution is 5.80. The fraction of sp³-hybridized carbons (Fsp3) is 0.346. The third kappa shape index (κ3) is 7.68. The van der Waals surface area contributed by atoms with Crippen molar-refractivity contribution in [3.05, 3.63) is 89.0 Å². The van der Waals surface area contributed by atoms with Gasteiger partial charge in [-0.05, 0) is 66.5 Å². The van der Waals surface area contributed by atoms with Gasteiger partial charge in [0.2, 0.25) is 5.91 Å². The molecular formula is C26H30FNO3. The number of hydrogen-bond donors (Lipinski definition) is 2. The first kappa shape index (κ1) is 22.8. The van der Waals surface area contributed by atoms with Crippen molar-refractivity contribution in [1.82, 2.24) is 5.32 Å². The van der Waals surface area contributed by atoms with Crippen molar-refractivity contribution in [1.29, 1.82) is 0 Å². The predicted molar refractivity (Wildman–Crippen MR) is 121 cm³/mol. The molecule has 0 aromatic heterocycles. The first-order valence-corrected chi connectivity index (χ1v) is 10.8. The number of halogens is 1. The maximum atomic E-state index is 12.5. The molecule has 0 spiro atoms. The Morgan fingerprint density at radius 1 is 1.00 bits per heavy atom. The highest BCUT2D eigenvalue weighted by Crippen LogP contribution is 2.16. The van der Waals surface area contributed by atoms with Crippen LogP contribution in [0.25, 0.3) is 0 Å². The summed E-state index contributed by atoms with van der Waals surface area (Å²) < 4.78 is 18.3. The minimum atomic E-state index is -1.06. The van der Waals surface area contributed by atoms with Crippen LogP contribution in [-0.4, -0.2) is 30.3 Å². The Morgan fingerprint density at radius 2 is 1.68 bits per heavy atom. The van der Waals surface area contributed by atoms with Crippen molar-refractivity contribution in [2.45, 2.75) is 44.9 Å². The Balaban J connectivity index is 1.34. The van der Waals surface area contributed by atoms with Crippen LogP contribution in [0, 0.1) is 0 Å². The molecule has 1 unspecified atom stereocenters. The Hall–Kier alpha value is -2.92. The summed E-state index contributed by atoms with van der Waals surface area (Å²) >= 11 is 0. The molecule has 164 valence electrons. The van der Waals surface area contributed by atoms with Crippen molar-refractivity contribution in [2.24, 2.45) is 0 Å². The molecule has 0 heterocycles. The number of benzene rings is 2. The monoisotopic (exact) mass is 423 g/mol. The quantitative estimate of drug-likeness (QED) is 0.561. The molecule has 0 radical (unpaired) electrons. The second-order valence-corrected chi connectivity index (χ2v) is 7.74. The van der Waals surface area contributed by atoms with E-state index in [1.54, 1.807) is 12.1 Å². The van der Waals surface area contributed by atoms with Gasteiger partial charge < -0.3 is 15.2 Å². The number of ether oxygens (including phenoxy) is 1. The van der Waals surface area contributed by atoms with Gasteiger partial charge in [-0.25, -0.2) is 4.39 Å². The Labute approximate surface area is 183 Å². The molecule has 0 saturated heterocycles. The van der Waals surface area contributed by atoms with E-state index in [0.717, 1.165) is 29.7 Å². The summed E-state index contributed by atoms with van der Waals surface area (Å²) in [4.78, 5) is 12.1. The number of allylic oxidation sites excluding steroid dienone is 2. The van der Waals surface area contributed by atoms with Gasteiger partial charge in [0.25, 0.3) is 0 Å². The zero-order valence-corrected chi connectivity index (χ0v) is 17.7. The molecule has 3 rings (SSSR count). The highest BCUT2D eigenvalue weighted by Gasteiger charge is 2.14. The molecule has 0 saturated carbocycles. The van der Waals surface area contributed by atoms with E-state index in [2.05, 4.69) is 23.5 Å². The van der Waals surface area contributed by atoms with Gasteiger partial charge >= 0.3 is 0 Å². The van der Waals surface area contributed by atoms with Gasteiger partial charge in [-0.2, -0.15) is 0 Å². The number of carbonyl (C=O) groups is 1. The second-order valence-electron chi connectivity index (χ2n) is 7.74. The van der Waals surface area contributed by atoms with Gasteiger partial charge in [0, 0.05) is 6.54 Å². The van der Waals surface area contributed by atoms with Crippen LogP contribution >= 0.6 is 0 Å². The molecule has 1 aliphatic carbocycles. The van der Waals surface area contributed by atoms with Crippen LogP contribution in [0.1, 0.15) is 36.0 Å². The molecule has 4 nitrogen and oxygen atoms in total. The molecule has 2 aromatic rings. The van der Waals surface area contributed by atoms with E-state index >= 15 is 0 Å². The summed E-state index contributed by atoms with van der Waals surface area (Å²) in [7, 11) is 0. The number of nitrogens with one attached hydrogen (secondary N) is 1. The number of aryl methyl sites for hydroxylation is 1. The number of carbonyl (C=O) groups excluding carboxylic acids is 1. The van der Waals surface area contributed by atoms with E-state index in [4.69, 9.17) is 4.74 Å². The number of alkyl halides is 1. The summed E-state index contributed by atoms with van der Waals surface area (Å²) in [6.07, 6.45) is 9.16. The molecule has 1 amide bonds. The largest absolute Gasteiger partial charge is 0.489 e. The standard InChI is InChI=1S/C26H30FNO3/c27-18-22-8-6-20(7-9-22)12-15-25(29)26(30)28-17-16-21-10-13-24(14-11-21)31-19-23-4-2-1-3-5-23/h2,4-11,13-14,25,29H,1,3,12,15-19H2,(H,28,30).